The highest BCUT2D eigenvalue weighted by atomic mass is 16.1. The van der Waals surface area contributed by atoms with E-state index in [2.05, 4.69) is 20.4 Å². The van der Waals surface area contributed by atoms with Crippen molar-refractivity contribution in [1.82, 2.24) is 25.1 Å². The molecule has 0 unspecified atom stereocenters. The molecule has 1 aromatic carbocycles. The van der Waals surface area contributed by atoms with E-state index in [-0.39, 0.29) is 5.91 Å². The van der Waals surface area contributed by atoms with Gasteiger partial charge in [0.05, 0.1) is 17.9 Å². The molecule has 0 atom stereocenters. The molecule has 0 bridgehead atoms. The number of benzene rings is 1. The molecule has 0 saturated heterocycles. The van der Waals surface area contributed by atoms with Crippen LogP contribution >= 0.6 is 0 Å². The molecule has 6 heteroatoms. The Morgan fingerprint density at radius 2 is 2.08 bits per heavy atom. The van der Waals surface area contributed by atoms with E-state index in [0.29, 0.717) is 6.54 Å². The van der Waals surface area contributed by atoms with Crippen LogP contribution in [0.1, 0.15) is 22.8 Å². The average Bonchev–Trinajstić information content (AvgIpc) is 3.21. The van der Waals surface area contributed by atoms with Gasteiger partial charge < -0.3 is 10.3 Å². The lowest BCUT2D eigenvalue weighted by atomic mass is 10.2. The van der Waals surface area contributed by atoms with Crippen molar-refractivity contribution >= 4 is 12.0 Å². The summed E-state index contributed by atoms with van der Waals surface area (Å²) in [5.74, 6) is 0.554. The number of H-pyrrole nitrogens is 1. The molecule has 0 radical (unpaired) electrons. The van der Waals surface area contributed by atoms with Crippen LogP contribution in [0.3, 0.4) is 0 Å². The largest absolute Gasteiger partial charge is 0.347 e. The summed E-state index contributed by atoms with van der Waals surface area (Å²) < 4.78 is 1.88. The molecule has 2 heterocycles. The summed E-state index contributed by atoms with van der Waals surface area (Å²) in [7, 11) is 0. The summed E-state index contributed by atoms with van der Waals surface area (Å²) in [5, 5.41) is 7.35. The van der Waals surface area contributed by atoms with E-state index in [4.69, 9.17) is 0 Å². The maximum absolute atomic E-state index is 11.9. The highest BCUT2D eigenvalue weighted by molar-refractivity contribution is 5.91. The molecule has 0 aliphatic heterocycles. The van der Waals surface area contributed by atoms with Crippen molar-refractivity contribution in [2.75, 3.05) is 0 Å². The number of nitrogens with one attached hydrogen (secondary N) is 2. The molecular formula is C18H19N5O. The van der Waals surface area contributed by atoms with Gasteiger partial charge in [0, 0.05) is 29.7 Å². The summed E-state index contributed by atoms with van der Waals surface area (Å²) in [6.45, 7) is 4.30. The van der Waals surface area contributed by atoms with Crippen LogP contribution in [0.25, 0.3) is 11.8 Å². The van der Waals surface area contributed by atoms with E-state index >= 15 is 0 Å². The maximum Gasteiger partial charge on any atom is 0.244 e. The normalized spacial score (nSPS) is 11.1. The van der Waals surface area contributed by atoms with Crippen LogP contribution in [0.5, 0.6) is 0 Å². The van der Waals surface area contributed by atoms with E-state index in [0.717, 1.165) is 28.5 Å². The van der Waals surface area contributed by atoms with Crippen LogP contribution in [0.15, 0.2) is 48.8 Å². The SMILES string of the molecule is Cc1nn(-c2ccccc2)c(C)c1C=CC(=O)NCc1ncc[nH]1. The van der Waals surface area contributed by atoms with Gasteiger partial charge in [-0.1, -0.05) is 18.2 Å². The molecule has 3 aromatic rings. The van der Waals surface area contributed by atoms with Crippen molar-refractivity contribution < 1.29 is 4.79 Å². The van der Waals surface area contributed by atoms with Gasteiger partial charge in [-0.2, -0.15) is 5.10 Å². The molecule has 0 fully saturated rings. The smallest absolute Gasteiger partial charge is 0.244 e. The summed E-state index contributed by atoms with van der Waals surface area (Å²) in [6, 6.07) is 9.93. The molecule has 0 spiro atoms. The molecule has 3 rings (SSSR count). The second-order valence-electron chi connectivity index (χ2n) is 5.42. The monoisotopic (exact) mass is 321 g/mol. The van der Waals surface area contributed by atoms with E-state index < -0.39 is 0 Å². The van der Waals surface area contributed by atoms with Crippen LogP contribution in [-0.2, 0) is 11.3 Å². The number of carbonyl (C=O) groups is 1. The van der Waals surface area contributed by atoms with Crippen LogP contribution in [-0.4, -0.2) is 25.7 Å². The van der Waals surface area contributed by atoms with Crippen LogP contribution in [0, 0.1) is 13.8 Å². The van der Waals surface area contributed by atoms with Gasteiger partial charge in [0.2, 0.25) is 5.91 Å². The van der Waals surface area contributed by atoms with Gasteiger partial charge in [-0.15, -0.1) is 0 Å². The number of carbonyl (C=O) groups excluding carboxylic acids is 1. The number of rotatable bonds is 5. The Labute approximate surface area is 140 Å². The van der Waals surface area contributed by atoms with Crippen molar-refractivity contribution in [1.29, 1.82) is 0 Å². The zero-order valence-electron chi connectivity index (χ0n) is 13.7. The minimum Gasteiger partial charge on any atom is -0.347 e. The number of hydrogen-bond donors (Lipinski definition) is 2. The van der Waals surface area contributed by atoms with E-state index in [1.807, 2.05) is 48.9 Å². The van der Waals surface area contributed by atoms with Gasteiger partial charge in [0.1, 0.15) is 5.82 Å². The molecule has 2 aromatic heterocycles. The Kier molecular flexibility index (Phi) is 4.56. The number of nitrogens with zero attached hydrogens (tertiary/aromatic N) is 3. The third-order valence-corrected chi connectivity index (χ3v) is 3.73. The first-order chi connectivity index (χ1) is 11.6. The lowest BCUT2D eigenvalue weighted by Crippen LogP contribution is -2.20. The van der Waals surface area contributed by atoms with Crippen molar-refractivity contribution in [3.8, 4) is 5.69 Å². The molecular weight excluding hydrogens is 302 g/mol. The average molecular weight is 321 g/mol. The van der Waals surface area contributed by atoms with Crippen molar-refractivity contribution in [3.05, 3.63) is 71.6 Å². The topological polar surface area (TPSA) is 75.6 Å². The Morgan fingerprint density at radius 3 is 2.79 bits per heavy atom. The van der Waals surface area contributed by atoms with E-state index in [1.54, 1.807) is 18.5 Å². The molecule has 6 nitrogen and oxygen atoms in total. The van der Waals surface area contributed by atoms with Gasteiger partial charge in [0.15, 0.2) is 0 Å². The van der Waals surface area contributed by atoms with Crippen molar-refractivity contribution in [3.63, 3.8) is 0 Å². The van der Waals surface area contributed by atoms with Gasteiger partial charge in [-0.05, 0) is 32.1 Å². The number of aromatic nitrogens is 4. The van der Waals surface area contributed by atoms with E-state index in [9.17, 15) is 4.79 Å². The molecule has 0 aliphatic rings. The number of aryl methyl sites for hydroxylation is 1. The fourth-order valence-corrected chi connectivity index (χ4v) is 2.50. The molecule has 1 amide bonds. The number of amides is 1. The summed E-state index contributed by atoms with van der Waals surface area (Å²) in [6.07, 6.45) is 6.70. The zero-order chi connectivity index (χ0) is 16.9. The number of aromatic amines is 1. The molecule has 2 N–H and O–H groups in total. The zero-order valence-corrected chi connectivity index (χ0v) is 13.7. The van der Waals surface area contributed by atoms with E-state index in [1.165, 1.54) is 6.08 Å². The first kappa shape index (κ1) is 15.7. The van der Waals surface area contributed by atoms with Crippen LogP contribution in [0.2, 0.25) is 0 Å². The van der Waals surface area contributed by atoms with Gasteiger partial charge in [0.25, 0.3) is 0 Å². The summed E-state index contributed by atoms with van der Waals surface area (Å²) in [4.78, 5) is 19.0. The lowest BCUT2D eigenvalue weighted by molar-refractivity contribution is -0.116. The maximum atomic E-state index is 11.9. The second kappa shape index (κ2) is 6.95. The third-order valence-electron chi connectivity index (χ3n) is 3.73. The first-order valence-corrected chi connectivity index (χ1v) is 7.71. The fraction of sp³-hybridized carbons (Fsp3) is 0.167. The molecule has 0 aliphatic carbocycles. The van der Waals surface area contributed by atoms with Crippen molar-refractivity contribution in [2.24, 2.45) is 0 Å². The minimum atomic E-state index is -0.169. The fourth-order valence-electron chi connectivity index (χ4n) is 2.50. The Balaban J connectivity index is 1.73. The van der Waals surface area contributed by atoms with Gasteiger partial charge in [-0.25, -0.2) is 9.67 Å². The molecule has 122 valence electrons. The number of imidazole rings is 1. The van der Waals surface area contributed by atoms with Crippen LogP contribution < -0.4 is 5.32 Å². The summed E-state index contributed by atoms with van der Waals surface area (Å²) in [5.41, 5.74) is 3.83. The second-order valence-corrected chi connectivity index (χ2v) is 5.42. The quantitative estimate of drug-likeness (QED) is 0.709. The highest BCUT2D eigenvalue weighted by Crippen LogP contribution is 2.18. The predicted octanol–water partition coefficient (Wildman–Crippen LogP) is 2.54. The lowest BCUT2D eigenvalue weighted by Gasteiger charge is -2.03. The third kappa shape index (κ3) is 3.43. The number of hydrogen-bond acceptors (Lipinski definition) is 3. The summed E-state index contributed by atoms with van der Waals surface area (Å²) >= 11 is 0. The Morgan fingerprint density at radius 1 is 1.29 bits per heavy atom. The number of para-hydroxylation sites is 1. The predicted molar refractivity (Wildman–Crippen MR) is 92.5 cm³/mol. The highest BCUT2D eigenvalue weighted by Gasteiger charge is 2.10. The first-order valence-electron chi connectivity index (χ1n) is 7.71. The van der Waals surface area contributed by atoms with Gasteiger partial charge >= 0.3 is 0 Å². The van der Waals surface area contributed by atoms with Crippen molar-refractivity contribution in [2.45, 2.75) is 20.4 Å². The van der Waals surface area contributed by atoms with Gasteiger partial charge in [-0.3, -0.25) is 4.79 Å². The Hall–Kier alpha value is -3.15. The molecule has 0 saturated carbocycles. The minimum absolute atomic E-state index is 0.169. The standard InChI is InChI=1S/C18H19N5O/c1-13-16(8-9-18(24)21-12-17-19-10-11-20-17)14(2)23(22-13)15-6-4-3-5-7-15/h3-11H,12H2,1-2H3,(H,19,20)(H,21,24). The Bertz CT molecular complexity index is 847. The van der Waals surface area contributed by atoms with Crippen LogP contribution in [0.4, 0.5) is 0 Å². The molecule has 24 heavy (non-hydrogen) atoms.